The number of rotatable bonds is 0. The average Bonchev–Trinajstić information content (AvgIpc) is 2.77. The van der Waals surface area contributed by atoms with E-state index in [1.54, 1.807) is 72.8 Å². The molecule has 0 unspecified atom stereocenters. The number of phenolic OH excluding ortho intramolecular Hbond substituents is 4. The molecule has 0 spiro atoms. The molecule has 4 aromatic rings. The molecule has 0 aromatic heterocycles. The lowest BCUT2D eigenvalue weighted by molar-refractivity contribution is 0.474. The van der Waals surface area contributed by atoms with Crippen LogP contribution in [-0.2, 0) is 0 Å². The topological polar surface area (TPSA) is 80.9 Å². The molecule has 4 rings (SSSR count). The fraction of sp³-hybridized carbons (Fsp3) is 0.286. The van der Waals surface area contributed by atoms with Gasteiger partial charge in [-0.2, -0.15) is 0 Å². The van der Waals surface area contributed by atoms with E-state index in [0.29, 0.717) is 0 Å². The van der Waals surface area contributed by atoms with Gasteiger partial charge in [0.05, 0.1) is 0 Å². The number of benzene rings is 4. The molecule has 0 aliphatic rings. The van der Waals surface area contributed by atoms with Gasteiger partial charge in [0.1, 0.15) is 23.0 Å². The Balaban J connectivity index is 0.000000457. The smallest absolute Gasteiger partial charge is 0.116 e. The summed E-state index contributed by atoms with van der Waals surface area (Å²) < 4.78 is 0. The molecule has 4 aromatic carbocycles. The van der Waals surface area contributed by atoms with Gasteiger partial charge in [-0.05, 0) is 76.0 Å². The molecule has 0 saturated carbocycles. The van der Waals surface area contributed by atoms with E-state index >= 15 is 0 Å². The maximum Gasteiger partial charge on any atom is 0.116 e. The largest absolute Gasteiger partial charge is 0.508 e. The highest BCUT2D eigenvalue weighted by molar-refractivity contribution is 5.85. The molecule has 174 valence electrons. The summed E-state index contributed by atoms with van der Waals surface area (Å²) in [6, 6.07) is 20.1. The van der Waals surface area contributed by atoms with Gasteiger partial charge in [-0.1, -0.05) is 72.7 Å². The molecule has 4 heteroatoms. The van der Waals surface area contributed by atoms with Gasteiger partial charge < -0.3 is 20.4 Å². The fourth-order valence-electron chi connectivity index (χ4n) is 2.44. The van der Waals surface area contributed by atoms with Crippen LogP contribution < -0.4 is 0 Å². The van der Waals surface area contributed by atoms with Crippen molar-refractivity contribution >= 4 is 21.5 Å². The normalized spacial score (nSPS) is 9.25. The van der Waals surface area contributed by atoms with E-state index in [9.17, 15) is 0 Å². The second-order valence-corrected chi connectivity index (χ2v) is 7.16. The Morgan fingerprint density at radius 2 is 0.562 bits per heavy atom. The van der Waals surface area contributed by atoms with Gasteiger partial charge in [0, 0.05) is 0 Å². The van der Waals surface area contributed by atoms with Crippen LogP contribution in [0.15, 0.2) is 72.8 Å². The van der Waals surface area contributed by atoms with Crippen molar-refractivity contribution in [3.8, 4) is 23.0 Å². The molecule has 4 nitrogen and oxygen atoms in total. The van der Waals surface area contributed by atoms with Crippen LogP contribution in [0.5, 0.6) is 23.0 Å². The van der Waals surface area contributed by atoms with E-state index in [-0.39, 0.29) is 23.0 Å². The Labute approximate surface area is 192 Å². The molecule has 0 radical (unpaired) electrons. The molecule has 0 aliphatic carbocycles. The van der Waals surface area contributed by atoms with Crippen LogP contribution in [0.3, 0.4) is 0 Å². The Morgan fingerprint density at radius 1 is 0.406 bits per heavy atom. The van der Waals surface area contributed by atoms with Gasteiger partial charge in [-0.3, -0.25) is 0 Å². The number of aromatic hydroxyl groups is 4. The molecular weight excluding hydrogens is 400 g/mol. The summed E-state index contributed by atoms with van der Waals surface area (Å²) in [5.41, 5.74) is 0. The Hall–Kier alpha value is -3.40. The number of hydrogen-bond donors (Lipinski definition) is 4. The first-order valence-corrected chi connectivity index (χ1v) is 11.1. The second-order valence-electron chi connectivity index (χ2n) is 7.16. The van der Waals surface area contributed by atoms with Gasteiger partial charge in [-0.25, -0.2) is 0 Å². The molecule has 4 N–H and O–H groups in total. The van der Waals surface area contributed by atoms with E-state index in [1.807, 2.05) is 27.7 Å². The number of phenols is 4. The third-order valence-corrected chi connectivity index (χ3v) is 3.61. The lowest BCUT2D eigenvalue weighted by Crippen LogP contribution is -1.71. The quantitative estimate of drug-likeness (QED) is 0.223. The maximum absolute atomic E-state index is 9.14. The first kappa shape index (κ1) is 28.6. The van der Waals surface area contributed by atoms with Gasteiger partial charge >= 0.3 is 0 Å². The van der Waals surface area contributed by atoms with Crippen LogP contribution in [0.1, 0.15) is 48.5 Å². The minimum Gasteiger partial charge on any atom is -0.508 e. The highest BCUT2D eigenvalue weighted by Gasteiger charge is 1.96. The average molecular weight is 439 g/mol. The van der Waals surface area contributed by atoms with E-state index in [2.05, 4.69) is 20.8 Å². The minimum absolute atomic E-state index is 0.244. The van der Waals surface area contributed by atoms with Crippen molar-refractivity contribution in [1.29, 1.82) is 0 Å². The van der Waals surface area contributed by atoms with Gasteiger partial charge in [0.2, 0.25) is 0 Å². The van der Waals surface area contributed by atoms with Crippen molar-refractivity contribution < 1.29 is 20.4 Å². The summed E-state index contributed by atoms with van der Waals surface area (Å²) >= 11 is 0. The van der Waals surface area contributed by atoms with Crippen molar-refractivity contribution in [2.75, 3.05) is 0 Å². The lowest BCUT2D eigenvalue weighted by atomic mass is 10.1. The second kappa shape index (κ2) is 15.4. The Kier molecular flexibility index (Phi) is 13.8. The van der Waals surface area contributed by atoms with E-state index in [1.165, 1.54) is 0 Å². The SMILES string of the molecule is CC.CC.CC(C)C.Oc1ccc2cc(O)ccc2c1.Oc1ccc2cc(O)ccc2c1. The summed E-state index contributed by atoms with van der Waals surface area (Å²) in [7, 11) is 0. The van der Waals surface area contributed by atoms with Crippen LogP contribution in [-0.4, -0.2) is 20.4 Å². The standard InChI is InChI=1S/2C10H8O2.C4H10.2C2H6/c2*11-9-3-1-7-5-10(12)4-2-8(7)6-9;1-4(2)3;2*1-2/h2*1-6,11-12H;4H,1-3H3;2*1-2H3. The molecular formula is C28H38O4. The minimum atomic E-state index is 0.244. The summed E-state index contributed by atoms with van der Waals surface area (Å²) in [4.78, 5) is 0. The highest BCUT2D eigenvalue weighted by Crippen LogP contribution is 2.24. The van der Waals surface area contributed by atoms with Crippen molar-refractivity contribution in [3.63, 3.8) is 0 Å². The van der Waals surface area contributed by atoms with Crippen LogP contribution in [0.2, 0.25) is 0 Å². The lowest BCUT2D eigenvalue weighted by Gasteiger charge is -1.98. The van der Waals surface area contributed by atoms with Crippen molar-refractivity contribution in [1.82, 2.24) is 0 Å². The summed E-state index contributed by atoms with van der Waals surface area (Å²) in [5.74, 6) is 1.81. The van der Waals surface area contributed by atoms with Crippen LogP contribution in [0.25, 0.3) is 21.5 Å². The van der Waals surface area contributed by atoms with Crippen LogP contribution in [0, 0.1) is 5.92 Å². The van der Waals surface area contributed by atoms with Crippen molar-refractivity contribution in [3.05, 3.63) is 72.8 Å². The molecule has 0 aliphatic heterocycles. The van der Waals surface area contributed by atoms with Gasteiger partial charge in [0.25, 0.3) is 0 Å². The first-order chi connectivity index (χ1) is 15.2. The summed E-state index contributed by atoms with van der Waals surface area (Å²) in [5, 5.41) is 40.2. The molecule has 32 heavy (non-hydrogen) atoms. The third kappa shape index (κ3) is 10.6. The van der Waals surface area contributed by atoms with E-state index < -0.39 is 0 Å². The number of hydrogen-bond acceptors (Lipinski definition) is 4. The third-order valence-electron chi connectivity index (χ3n) is 3.61. The molecule has 0 saturated heterocycles. The zero-order valence-corrected chi connectivity index (χ0v) is 20.3. The molecule has 0 atom stereocenters. The molecule has 0 fully saturated rings. The predicted molar refractivity (Wildman–Crippen MR) is 138 cm³/mol. The Bertz CT molecular complexity index is 887. The Morgan fingerprint density at radius 3 is 0.719 bits per heavy atom. The highest BCUT2D eigenvalue weighted by atomic mass is 16.3. The first-order valence-electron chi connectivity index (χ1n) is 11.1. The zero-order chi connectivity index (χ0) is 24.7. The molecule has 0 heterocycles. The van der Waals surface area contributed by atoms with Crippen molar-refractivity contribution in [2.24, 2.45) is 5.92 Å². The summed E-state index contributed by atoms with van der Waals surface area (Å²) in [6.07, 6.45) is 0. The maximum atomic E-state index is 9.14. The zero-order valence-electron chi connectivity index (χ0n) is 20.3. The van der Waals surface area contributed by atoms with Crippen LogP contribution >= 0.6 is 0 Å². The number of fused-ring (bicyclic) bond motifs is 2. The van der Waals surface area contributed by atoms with Crippen molar-refractivity contribution in [2.45, 2.75) is 48.5 Å². The van der Waals surface area contributed by atoms with E-state index in [4.69, 9.17) is 20.4 Å². The monoisotopic (exact) mass is 438 g/mol. The van der Waals surface area contributed by atoms with E-state index in [0.717, 1.165) is 27.5 Å². The molecule has 0 amide bonds. The van der Waals surface area contributed by atoms with Crippen LogP contribution in [0.4, 0.5) is 0 Å². The fourth-order valence-corrected chi connectivity index (χ4v) is 2.44. The summed E-state index contributed by atoms with van der Waals surface area (Å²) in [6.45, 7) is 14.5. The predicted octanol–water partition coefficient (Wildman–Crippen LogP) is 8.22. The molecule has 0 bridgehead atoms. The van der Waals surface area contributed by atoms with Gasteiger partial charge in [-0.15, -0.1) is 0 Å². The van der Waals surface area contributed by atoms with Gasteiger partial charge in [0.15, 0.2) is 0 Å².